The molecule has 0 atom stereocenters. The monoisotopic (exact) mass is 290 g/mol. The van der Waals surface area contributed by atoms with E-state index >= 15 is 0 Å². The molecule has 2 aromatic rings. The van der Waals surface area contributed by atoms with E-state index in [2.05, 4.69) is 23.3 Å². The standard InChI is InChI=1S/C15H22N4O2/c1-4-18-10-13(12(3)17-18)7-5-6-8-19-14(15(20)21)9-11(2)16-19/h9-10H,4-8H2,1-3H3,(H,20,21). The largest absolute Gasteiger partial charge is 0.477 e. The Labute approximate surface area is 124 Å². The Hall–Kier alpha value is -2.11. The summed E-state index contributed by atoms with van der Waals surface area (Å²) in [5.74, 6) is -0.921. The Bertz CT molecular complexity index is 628. The molecule has 0 aliphatic heterocycles. The van der Waals surface area contributed by atoms with Crippen molar-refractivity contribution in [2.24, 2.45) is 0 Å². The van der Waals surface area contributed by atoms with Gasteiger partial charge < -0.3 is 5.11 Å². The molecule has 0 aromatic carbocycles. The fraction of sp³-hybridized carbons (Fsp3) is 0.533. The number of aryl methyl sites for hydroxylation is 5. The molecule has 6 nitrogen and oxygen atoms in total. The summed E-state index contributed by atoms with van der Waals surface area (Å²) in [6.45, 7) is 7.43. The molecule has 1 N–H and O–H groups in total. The SMILES string of the molecule is CCn1cc(CCCCn2nc(C)cc2C(=O)O)c(C)n1. The first kappa shape index (κ1) is 15.3. The van der Waals surface area contributed by atoms with Crippen molar-refractivity contribution < 1.29 is 9.90 Å². The topological polar surface area (TPSA) is 72.9 Å². The lowest BCUT2D eigenvalue weighted by Gasteiger charge is -2.04. The van der Waals surface area contributed by atoms with E-state index in [-0.39, 0.29) is 5.69 Å². The van der Waals surface area contributed by atoms with Crippen LogP contribution >= 0.6 is 0 Å². The number of unbranched alkanes of at least 4 members (excludes halogenated alkanes) is 1. The average molecular weight is 290 g/mol. The van der Waals surface area contributed by atoms with Crippen LogP contribution in [0.4, 0.5) is 0 Å². The Morgan fingerprint density at radius 2 is 2.05 bits per heavy atom. The molecule has 0 aliphatic carbocycles. The van der Waals surface area contributed by atoms with Gasteiger partial charge in [-0.3, -0.25) is 9.36 Å². The van der Waals surface area contributed by atoms with Gasteiger partial charge in [0.25, 0.3) is 0 Å². The first-order valence-electron chi connectivity index (χ1n) is 7.32. The van der Waals surface area contributed by atoms with Crippen molar-refractivity contribution in [2.75, 3.05) is 0 Å². The van der Waals surface area contributed by atoms with Gasteiger partial charge in [-0.2, -0.15) is 10.2 Å². The zero-order chi connectivity index (χ0) is 15.4. The van der Waals surface area contributed by atoms with Crippen LogP contribution in [-0.2, 0) is 19.5 Å². The smallest absolute Gasteiger partial charge is 0.354 e. The molecule has 0 saturated carbocycles. The van der Waals surface area contributed by atoms with E-state index < -0.39 is 5.97 Å². The molecule has 0 aliphatic rings. The third-order valence-corrected chi connectivity index (χ3v) is 3.56. The quantitative estimate of drug-likeness (QED) is 0.795. The molecule has 0 radical (unpaired) electrons. The molecule has 6 heteroatoms. The van der Waals surface area contributed by atoms with Crippen LogP contribution in [0.3, 0.4) is 0 Å². The highest BCUT2D eigenvalue weighted by atomic mass is 16.4. The van der Waals surface area contributed by atoms with Gasteiger partial charge in [-0.1, -0.05) is 0 Å². The van der Waals surface area contributed by atoms with Crippen molar-refractivity contribution in [3.63, 3.8) is 0 Å². The number of nitrogens with zero attached hydrogens (tertiary/aromatic N) is 4. The van der Waals surface area contributed by atoms with Crippen LogP contribution in [0.5, 0.6) is 0 Å². The van der Waals surface area contributed by atoms with Crippen LogP contribution in [-0.4, -0.2) is 30.6 Å². The predicted octanol–water partition coefficient (Wildman–Crippen LogP) is 2.44. The maximum atomic E-state index is 11.1. The van der Waals surface area contributed by atoms with Crippen LogP contribution in [0, 0.1) is 13.8 Å². The summed E-state index contributed by atoms with van der Waals surface area (Å²) in [5, 5.41) is 17.8. The van der Waals surface area contributed by atoms with Crippen molar-refractivity contribution in [1.82, 2.24) is 19.6 Å². The summed E-state index contributed by atoms with van der Waals surface area (Å²) in [6.07, 6.45) is 4.96. The molecule has 114 valence electrons. The van der Waals surface area contributed by atoms with E-state index in [1.54, 1.807) is 10.7 Å². The highest BCUT2D eigenvalue weighted by molar-refractivity contribution is 5.85. The predicted molar refractivity (Wildman–Crippen MR) is 79.5 cm³/mol. The van der Waals surface area contributed by atoms with Gasteiger partial charge in [0.1, 0.15) is 5.69 Å². The molecule has 2 rings (SSSR count). The number of carbonyl (C=O) groups is 1. The first-order valence-corrected chi connectivity index (χ1v) is 7.32. The van der Waals surface area contributed by atoms with Gasteiger partial charge in [-0.05, 0) is 51.7 Å². The van der Waals surface area contributed by atoms with Crippen LogP contribution in [0.15, 0.2) is 12.3 Å². The minimum absolute atomic E-state index is 0.266. The van der Waals surface area contributed by atoms with E-state index in [9.17, 15) is 4.79 Å². The van der Waals surface area contributed by atoms with E-state index in [0.717, 1.165) is 37.2 Å². The first-order chi connectivity index (χ1) is 10.0. The maximum Gasteiger partial charge on any atom is 0.354 e. The summed E-state index contributed by atoms with van der Waals surface area (Å²) in [5.41, 5.74) is 3.36. The molecule has 21 heavy (non-hydrogen) atoms. The zero-order valence-electron chi connectivity index (χ0n) is 12.8. The fourth-order valence-electron chi connectivity index (χ4n) is 2.43. The molecule has 0 unspecified atom stereocenters. The van der Waals surface area contributed by atoms with Crippen molar-refractivity contribution >= 4 is 5.97 Å². The van der Waals surface area contributed by atoms with E-state index in [0.29, 0.717) is 6.54 Å². The molecule has 0 spiro atoms. The summed E-state index contributed by atoms with van der Waals surface area (Å²) in [6, 6.07) is 1.61. The van der Waals surface area contributed by atoms with Gasteiger partial charge in [-0.25, -0.2) is 4.79 Å². The van der Waals surface area contributed by atoms with Crippen LogP contribution in [0.2, 0.25) is 0 Å². The molecule has 2 heterocycles. The maximum absolute atomic E-state index is 11.1. The Balaban J connectivity index is 1.87. The Morgan fingerprint density at radius 3 is 2.67 bits per heavy atom. The molecule has 0 fully saturated rings. The minimum atomic E-state index is -0.921. The second-order valence-electron chi connectivity index (χ2n) is 5.25. The highest BCUT2D eigenvalue weighted by Gasteiger charge is 2.12. The second kappa shape index (κ2) is 6.56. The molecule has 2 aromatic heterocycles. The average Bonchev–Trinajstić information content (AvgIpc) is 2.98. The van der Waals surface area contributed by atoms with Gasteiger partial charge in [0.05, 0.1) is 11.4 Å². The summed E-state index contributed by atoms with van der Waals surface area (Å²) in [4.78, 5) is 11.1. The lowest BCUT2D eigenvalue weighted by molar-refractivity contribution is 0.0683. The number of rotatable bonds is 7. The molecule has 0 bridgehead atoms. The Morgan fingerprint density at radius 1 is 1.29 bits per heavy atom. The molecular formula is C15H22N4O2. The molecular weight excluding hydrogens is 268 g/mol. The zero-order valence-corrected chi connectivity index (χ0v) is 12.8. The molecule has 0 amide bonds. The summed E-state index contributed by atoms with van der Waals surface area (Å²) < 4.78 is 3.53. The number of carboxylic acids is 1. The lowest BCUT2D eigenvalue weighted by Crippen LogP contribution is -2.10. The van der Waals surface area contributed by atoms with Gasteiger partial charge >= 0.3 is 5.97 Å². The molecule has 0 saturated heterocycles. The van der Waals surface area contributed by atoms with Gasteiger partial charge in [0, 0.05) is 19.3 Å². The van der Waals surface area contributed by atoms with Gasteiger partial charge in [0.15, 0.2) is 0 Å². The van der Waals surface area contributed by atoms with E-state index in [1.807, 2.05) is 18.5 Å². The van der Waals surface area contributed by atoms with Crippen LogP contribution < -0.4 is 0 Å². The van der Waals surface area contributed by atoms with E-state index in [4.69, 9.17) is 5.11 Å². The van der Waals surface area contributed by atoms with Crippen molar-refractivity contribution in [1.29, 1.82) is 0 Å². The lowest BCUT2D eigenvalue weighted by atomic mass is 10.1. The normalized spacial score (nSPS) is 11.0. The van der Waals surface area contributed by atoms with E-state index in [1.165, 1.54) is 5.56 Å². The number of hydrogen-bond acceptors (Lipinski definition) is 3. The number of hydrogen-bond donors (Lipinski definition) is 1. The van der Waals surface area contributed by atoms with Crippen molar-refractivity contribution in [3.05, 3.63) is 34.9 Å². The second-order valence-corrected chi connectivity index (χ2v) is 5.25. The van der Waals surface area contributed by atoms with Gasteiger partial charge in [0.2, 0.25) is 0 Å². The third kappa shape index (κ3) is 3.71. The van der Waals surface area contributed by atoms with Crippen LogP contribution in [0.1, 0.15) is 47.2 Å². The van der Waals surface area contributed by atoms with Crippen LogP contribution in [0.25, 0.3) is 0 Å². The van der Waals surface area contributed by atoms with Crippen molar-refractivity contribution in [3.8, 4) is 0 Å². The summed E-state index contributed by atoms with van der Waals surface area (Å²) >= 11 is 0. The number of aromatic nitrogens is 4. The summed E-state index contributed by atoms with van der Waals surface area (Å²) in [7, 11) is 0. The Kier molecular flexibility index (Phi) is 4.77. The fourth-order valence-corrected chi connectivity index (χ4v) is 2.43. The highest BCUT2D eigenvalue weighted by Crippen LogP contribution is 2.11. The minimum Gasteiger partial charge on any atom is -0.477 e. The van der Waals surface area contributed by atoms with Crippen molar-refractivity contribution in [2.45, 2.75) is 53.1 Å². The van der Waals surface area contributed by atoms with Gasteiger partial charge in [-0.15, -0.1) is 0 Å². The number of carboxylic acid groups (broad SMARTS) is 1. The number of aromatic carboxylic acids is 1. The third-order valence-electron chi connectivity index (χ3n) is 3.56.